The molecule has 0 unspecified atom stereocenters. The summed E-state index contributed by atoms with van der Waals surface area (Å²) in [5.74, 6) is 0.659. The molecule has 4 heteroatoms. The highest BCUT2D eigenvalue weighted by Crippen LogP contribution is 2.44. The van der Waals surface area contributed by atoms with Crippen molar-refractivity contribution < 1.29 is 4.79 Å². The highest BCUT2D eigenvalue weighted by molar-refractivity contribution is 5.94. The zero-order valence-corrected chi connectivity index (χ0v) is 15.8. The number of carbonyl (C=O) groups excluding carboxylic acids is 1. The molecule has 0 saturated carbocycles. The Labute approximate surface area is 161 Å². The van der Waals surface area contributed by atoms with Crippen LogP contribution in [0, 0.1) is 11.3 Å². The quantitative estimate of drug-likeness (QED) is 0.822. The van der Waals surface area contributed by atoms with E-state index in [2.05, 4.69) is 48.3 Å². The molecule has 0 radical (unpaired) electrons. The Kier molecular flexibility index (Phi) is 4.72. The molecule has 2 aliphatic rings. The molecule has 2 aliphatic heterocycles. The largest absolute Gasteiger partial charge is 0.339 e. The normalized spacial score (nSPS) is 21.9. The first-order chi connectivity index (χ1) is 13.1. The molecular formula is C23H25N3O. The summed E-state index contributed by atoms with van der Waals surface area (Å²) < 4.78 is 0. The van der Waals surface area contributed by atoms with Crippen molar-refractivity contribution >= 4 is 5.91 Å². The number of hydrogen-bond acceptors (Lipinski definition) is 3. The molecule has 0 aromatic heterocycles. The molecule has 138 valence electrons. The number of rotatable bonds is 2. The van der Waals surface area contributed by atoms with E-state index in [1.165, 1.54) is 12.0 Å². The number of likely N-dealkylation sites (N-methyl/N-ethyl adjacent to an activating group) is 1. The van der Waals surface area contributed by atoms with Gasteiger partial charge < -0.3 is 4.90 Å². The van der Waals surface area contributed by atoms with Gasteiger partial charge in [0, 0.05) is 30.7 Å². The lowest BCUT2D eigenvalue weighted by Gasteiger charge is -2.43. The Hall–Kier alpha value is -2.64. The average molecular weight is 359 g/mol. The van der Waals surface area contributed by atoms with Crippen molar-refractivity contribution in [3.8, 4) is 6.07 Å². The maximum absolute atomic E-state index is 12.8. The minimum atomic E-state index is 0.0783. The van der Waals surface area contributed by atoms with Gasteiger partial charge in [0.05, 0.1) is 11.6 Å². The fraction of sp³-hybridized carbons (Fsp3) is 0.391. The Morgan fingerprint density at radius 1 is 1.07 bits per heavy atom. The average Bonchev–Trinajstić information content (AvgIpc) is 3.05. The van der Waals surface area contributed by atoms with Crippen LogP contribution in [0.5, 0.6) is 0 Å². The van der Waals surface area contributed by atoms with E-state index in [1.807, 2.05) is 4.90 Å². The standard InChI is InChI=1S/C23H25N3O/c1-25-17-21(19-5-3-2-4-6-19)15-23(25)11-13-26(14-12-23)22(27)20-9-7-18(16-24)8-10-20/h2-10,21H,11-15,17H2,1H3/t21-/m0/s1. The third-order valence-electron chi connectivity index (χ3n) is 6.44. The summed E-state index contributed by atoms with van der Waals surface area (Å²) in [5, 5.41) is 8.91. The zero-order valence-electron chi connectivity index (χ0n) is 15.8. The van der Waals surface area contributed by atoms with Gasteiger partial charge in [-0.05, 0) is 62.1 Å². The summed E-state index contributed by atoms with van der Waals surface area (Å²) in [4.78, 5) is 17.3. The molecule has 2 heterocycles. The predicted octanol–water partition coefficient (Wildman–Crippen LogP) is 3.65. The van der Waals surface area contributed by atoms with E-state index in [9.17, 15) is 4.79 Å². The molecule has 27 heavy (non-hydrogen) atoms. The Balaban J connectivity index is 1.42. The van der Waals surface area contributed by atoms with Crippen LogP contribution in [0.4, 0.5) is 0 Å². The first-order valence-corrected chi connectivity index (χ1v) is 9.67. The van der Waals surface area contributed by atoms with E-state index < -0.39 is 0 Å². The Morgan fingerprint density at radius 3 is 2.37 bits per heavy atom. The Bertz CT molecular complexity index is 845. The van der Waals surface area contributed by atoms with Crippen molar-refractivity contribution in [2.24, 2.45) is 0 Å². The van der Waals surface area contributed by atoms with E-state index in [4.69, 9.17) is 5.26 Å². The van der Waals surface area contributed by atoms with Crippen LogP contribution in [0.2, 0.25) is 0 Å². The number of likely N-dealkylation sites (tertiary alicyclic amines) is 2. The number of nitrogens with zero attached hydrogens (tertiary/aromatic N) is 3. The van der Waals surface area contributed by atoms with Gasteiger partial charge in [0.25, 0.3) is 5.91 Å². The van der Waals surface area contributed by atoms with Crippen molar-refractivity contribution in [3.05, 3.63) is 71.3 Å². The summed E-state index contributed by atoms with van der Waals surface area (Å²) in [6, 6.07) is 19.9. The van der Waals surface area contributed by atoms with Crippen LogP contribution in [0.25, 0.3) is 0 Å². The second-order valence-corrected chi connectivity index (χ2v) is 7.90. The third kappa shape index (κ3) is 3.36. The van der Waals surface area contributed by atoms with Crippen molar-refractivity contribution in [2.45, 2.75) is 30.7 Å². The lowest BCUT2D eigenvalue weighted by molar-refractivity contribution is 0.0492. The minimum Gasteiger partial charge on any atom is -0.339 e. The van der Waals surface area contributed by atoms with Gasteiger partial charge in [0.15, 0.2) is 0 Å². The Morgan fingerprint density at radius 2 is 1.74 bits per heavy atom. The molecule has 1 amide bonds. The number of nitriles is 1. The van der Waals surface area contributed by atoms with Gasteiger partial charge in [-0.3, -0.25) is 9.69 Å². The molecule has 0 bridgehead atoms. The smallest absolute Gasteiger partial charge is 0.253 e. The molecule has 2 saturated heterocycles. The molecule has 4 nitrogen and oxygen atoms in total. The van der Waals surface area contributed by atoms with E-state index in [0.29, 0.717) is 17.0 Å². The fourth-order valence-electron chi connectivity index (χ4n) is 4.73. The second kappa shape index (κ2) is 7.17. The van der Waals surface area contributed by atoms with Gasteiger partial charge in [0.1, 0.15) is 0 Å². The molecule has 1 spiro atoms. The van der Waals surface area contributed by atoms with Crippen LogP contribution in [0.1, 0.15) is 46.7 Å². The van der Waals surface area contributed by atoms with Gasteiger partial charge in [-0.2, -0.15) is 5.26 Å². The summed E-state index contributed by atoms with van der Waals surface area (Å²) in [5.41, 5.74) is 2.90. The van der Waals surface area contributed by atoms with E-state index in [-0.39, 0.29) is 11.4 Å². The fourth-order valence-corrected chi connectivity index (χ4v) is 4.73. The molecule has 1 atom stereocenters. The third-order valence-corrected chi connectivity index (χ3v) is 6.44. The molecule has 0 aliphatic carbocycles. The van der Waals surface area contributed by atoms with Crippen LogP contribution in [0.15, 0.2) is 54.6 Å². The summed E-state index contributed by atoms with van der Waals surface area (Å²) in [6.45, 7) is 2.68. The maximum Gasteiger partial charge on any atom is 0.253 e. The van der Waals surface area contributed by atoms with Gasteiger partial charge in [-0.1, -0.05) is 30.3 Å². The van der Waals surface area contributed by atoms with Crippen molar-refractivity contribution in [2.75, 3.05) is 26.7 Å². The minimum absolute atomic E-state index is 0.0783. The van der Waals surface area contributed by atoms with Gasteiger partial charge >= 0.3 is 0 Å². The SMILES string of the molecule is CN1C[C@@H](c2ccccc2)CC12CCN(C(=O)c1ccc(C#N)cc1)CC2. The van der Waals surface area contributed by atoms with Crippen LogP contribution < -0.4 is 0 Å². The maximum atomic E-state index is 12.8. The van der Waals surface area contributed by atoms with Crippen molar-refractivity contribution in [1.29, 1.82) is 5.26 Å². The molecule has 2 fully saturated rings. The number of piperidine rings is 1. The first kappa shape index (κ1) is 17.8. The molecule has 0 N–H and O–H groups in total. The lowest BCUT2D eigenvalue weighted by Crippen LogP contribution is -2.52. The summed E-state index contributed by atoms with van der Waals surface area (Å²) in [7, 11) is 2.24. The highest BCUT2D eigenvalue weighted by atomic mass is 16.2. The molecular weight excluding hydrogens is 334 g/mol. The first-order valence-electron chi connectivity index (χ1n) is 9.67. The zero-order chi connectivity index (χ0) is 18.9. The summed E-state index contributed by atoms with van der Waals surface area (Å²) >= 11 is 0. The number of carbonyl (C=O) groups is 1. The van der Waals surface area contributed by atoms with Gasteiger partial charge in [0.2, 0.25) is 0 Å². The van der Waals surface area contributed by atoms with E-state index in [1.54, 1.807) is 24.3 Å². The van der Waals surface area contributed by atoms with Crippen molar-refractivity contribution in [1.82, 2.24) is 9.80 Å². The number of benzene rings is 2. The predicted molar refractivity (Wildman–Crippen MR) is 105 cm³/mol. The summed E-state index contributed by atoms with van der Waals surface area (Å²) in [6.07, 6.45) is 3.22. The van der Waals surface area contributed by atoms with Gasteiger partial charge in [-0.15, -0.1) is 0 Å². The second-order valence-electron chi connectivity index (χ2n) is 7.90. The molecule has 4 rings (SSSR count). The van der Waals surface area contributed by atoms with Crippen LogP contribution in [0.3, 0.4) is 0 Å². The van der Waals surface area contributed by atoms with Crippen molar-refractivity contribution in [3.63, 3.8) is 0 Å². The van der Waals surface area contributed by atoms with Crippen LogP contribution in [-0.4, -0.2) is 47.9 Å². The monoisotopic (exact) mass is 359 g/mol. The molecule has 2 aromatic carbocycles. The van der Waals surface area contributed by atoms with E-state index in [0.717, 1.165) is 32.5 Å². The van der Waals surface area contributed by atoms with E-state index >= 15 is 0 Å². The number of amides is 1. The van der Waals surface area contributed by atoms with Crippen LogP contribution >= 0.6 is 0 Å². The van der Waals surface area contributed by atoms with Gasteiger partial charge in [-0.25, -0.2) is 0 Å². The lowest BCUT2D eigenvalue weighted by atomic mass is 9.81. The number of hydrogen-bond donors (Lipinski definition) is 0. The topological polar surface area (TPSA) is 47.3 Å². The highest BCUT2D eigenvalue weighted by Gasteiger charge is 2.46. The molecule has 2 aromatic rings. The van der Waals surface area contributed by atoms with Crippen LogP contribution in [-0.2, 0) is 0 Å².